The van der Waals surface area contributed by atoms with Crippen molar-refractivity contribution < 1.29 is 23.1 Å². The van der Waals surface area contributed by atoms with Gasteiger partial charge in [-0.05, 0) is 27.2 Å². The zero-order valence-corrected chi connectivity index (χ0v) is 15.8. The molecule has 1 aliphatic rings. The highest BCUT2D eigenvalue weighted by Gasteiger charge is 2.32. The van der Waals surface area contributed by atoms with E-state index in [1.54, 1.807) is 27.7 Å². The average Bonchev–Trinajstić information content (AvgIpc) is 2.87. The molecule has 9 heteroatoms. The number of nitrogens with zero attached hydrogens (tertiary/aromatic N) is 3. The van der Waals surface area contributed by atoms with Crippen LogP contribution in [0.5, 0.6) is 0 Å². The third-order valence-electron chi connectivity index (χ3n) is 3.57. The Labute approximate surface area is 148 Å². The fourth-order valence-electron chi connectivity index (χ4n) is 2.49. The van der Waals surface area contributed by atoms with Gasteiger partial charge in [0.05, 0.1) is 30.7 Å². The Morgan fingerprint density at radius 2 is 2.16 bits per heavy atom. The fourth-order valence-corrected chi connectivity index (χ4v) is 3.50. The highest BCUT2D eigenvalue weighted by Crippen LogP contribution is 2.27. The van der Waals surface area contributed by atoms with Gasteiger partial charge in [-0.15, -0.1) is 0 Å². The predicted octanol–water partition coefficient (Wildman–Crippen LogP) is 1.92. The third kappa shape index (κ3) is 5.05. The molecule has 1 aliphatic heterocycles. The van der Waals surface area contributed by atoms with Crippen LogP contribution in [0.3, 0.4) is 0 Å². The Bertz CT molecular complexity index is 761. The van der Waals surface area contributed by atoms with E-state index < -0.39 is 27.6 Å². The number of carbonyl (C=O) groups excluding carboxylic acids is 1. The topological polar surface area (TPSA) is 102 Å². The summed E-state index contributed by atoms with van der Waals surface area (Å²) in [5.74, 6) is 0.0552. The van der Waals surface area contributed by atoms with Gasteiger partial charge in [-0.1, -0.05) is 6.92 Å². The molecular weight excluding hydrogens is 346 g/mol. The molecule has 0 saturated heterocycles. The van der Waals surface area contributed by atoms with Crippen LogP contribution in [0.1, 0.15) is 51.5 Å². The van der Waals surface area contributed by atoms with E-state index >= 15 is 0 Å². The number of hydrogen-bond acceptors (Lipinski definition) is 6. The minimum absolute atomic E-state index is 0.0552. The van der Waals surface area contributed by atoms with Crippen LogP contribution in [0.15, 0.2) is 11.6 Å². The molecule has 2 rings (SSSR count). The number of aliphatic hydroxyl groups excluding tert-OH is 1. The summed E-state index contributed by atoms with van der Waals surface area (Å²) in [6.45, 7) is 7.37. The second-order valence-electron chi connectivity index (χ2n) is 7.02. The Morgan fingerprint density at radius 3 is 2.76 bits per heavy atom. The molecule has 1 atom stereocenters. The minimum Gasteiger partial charge on any atom is -0.444 e. The number of rotatable bonds is 4. The van der Waals surface area contributed by atoms with Crippen molar-refractivity contribution in [3.8, 4) is 0 Å². The van der Waals surface area contributed by atoms with Crippen molar-refractivity contribution >= 4 is 22.1 Å². The highest BCUT2D eigenvalue weighted by molar-refractivity contribution is 7.94. The molecule has 0 fully saturated rings. The first-order chi connectivity index (χ1) is 11.5. The van der Waals surface area contributed by atoms with Gasteiger partial charge >= 0.3 is 6.09 Å². The maximum Gasteiger partial charge on any atom is 0.410 e. The van der Waals surface area contributed by atoms with E-state index in [1.807, 2.05) is 0 Å². The molecule has 140 valence electrons. The van der Waals surface area contributed by atoms with Crippen molar-refractivity contribution in [3.63, 3.8) is 0 Å². The zero-order valence-electron chi connectivity index (χ0n) is 15.0. The highest BCUT2D eigenvalue weighted by atomic mass is 32.2. The van der Waals surface area contributed by atoms with Crippen LogP contribution >= 0.6 is 0 Å². The number of fused-ring (bicyclic) bond motifs is 1. The Morgan fingerprint density at radius 1 is 1.48 bits per heavy atom. The van der Waals surface area contributed by atoms with Gasteiger partial charge in [-0.2, -0.15) is 5.10 Å². The normalized spacial score (nSPS) is 18.4. The molecule has 0 radical (unpaired) electrons. The molecule has 2 heterocycles. The lowest BCUT2D eigenvalue weighted by atomic mass is 10.1. The number of aromatic nitrogens is 2. The van der Waals surface area contributed by atoms with E-state index in [0.29, 0.717) is 17.7 Å². The van der Waals surface area contributed by atoms with Gasteiger partial charge in [-0.3, -0.25) is 4.90 Å². The van der Waals surface area contributed by atoms with Crippen molar-refractivity contribution in [3.05, 3.63) is 22.9 Å². The Kier molecular flexibility index (Phi) is 5.58. The fraction of sp³-hybridized carbons (Fsp3) is 0.625. The SMILES string of the molecule is CCCS(=O)(=O)C=Cn1ncc2c1CN(C(=O)OC(C)(C)C)CC2O. The van der Waals surface area contributed by atoms with Gasteiger partial charge in [-0.25, -0.2) is 17.9 Å². The summed E-state index contributed by atoms with van der Waals surface area (Å²) in [6, 6.07) is 0. The summed E-state index contributed by atoms with van der Waals surface area (Å²) in [5, 5.41) is 15.5. The molecule has 0 bridgehead atoms. The molecule has 0 saturated carbocycles. The number of sulfone groups is 1. The molecule has 1 aromatic heterocycles. The molecule has 25 heavy (non-hydrogen) atoms. The van der Waals surface area contributed by atoms with Gasteiger partial charge in [0.25, 0.3) is 0 Å². The molecule has 0 spiro atoms. The molecular formula is C16H25N3O5S. The second kappa shape index (κ2) is 7.17. The van der Waals surface area contributed by atoms with Crippen molar-refractivity contribution in [2.45, 2.75) is 52.4 Å². The predicted molar refractivity (Wildman–Crippen MR) is 93.2 cm³/mol. The van der Waals surface area contributed by atoms with Crippen LogP contribution < -0.4 is 0 Å². The first-order valence-corrected chi connectivity index (χ1v) is 9.87. The lowest BCUT2D eigenvalue weighted by Gasteiger charge is -2.32. The van der Waals surface area contributed by atoms with Crippen molar-refractivity contribution in [1.29, 1.82) is 0 Å². The largest absolute Gasteiger partial charge is 0.444 e. The van der Waals surface area contributed by atoms with Crippen molar-refractivity contribution in [2.75, 3.05) is 12.3 Å². The third-order valence-corrected chi connectivity index (χ3v) is 5.09. The maximum absolute atomic E-state index is 12.3. The monoisotopic (exact) mass is 371 g/mol. The van der Waals surface area contributed by atoms with E-state index in [1.165, 1.54) is 22.0 Å². The standard InChI is InChI=1S/C16H25N3O5S/c1-5-7-25(22,23)8-6-19-13-10-18(15(21)24-16(2,3)4)11-14(20)12(13)9-17-19/h6,8-9,14,20H,5,7,10-11H2,1-4H3. The first kappa shape index (κ1) is 19.5. The van der Waals surface area contributed by atoms with Gasteiger partial charge < -0.3 is 9.84 Å². The summed E-state index contributed by atoms with van der Waals surface area (Å²) in [6.07, 6.45) is 1.92. The number of aliphatic hydroxyl groups is 1. The molecule has 8 nitrogen and oxygen atoms in total. The van der Waals surface area contributed by atoms with Crippen LogP contribution in [0.2, 0.25) is 0 Å². The van der Waals surface area contributed by atoms with Gasteiger partial charge in [0.1, 0.15) is 11.7 Å². The van der Waals surface area contributed by atoms with E-state index in [-0.39, 0.29) is 18.8 Å². The number of ether oxygens (including phenoxy) is 1. The van der Waals surface area contributed by atoms with Crippen LogP contribution in [0, 0.1) is 0 Å². The Balaban J connectivity index is 2.23. The summed E-state index contributed by atoms with van der Waals surface area (Å²) in [4.78, 5) is 13.6. The van der Waals surface area contributed by atoms with Gasteiger partial charge in [0, 0.05) is 17.2 Å². The van der Waals surface area contributed by atoms with Crippen LogP contribution in [-0.2, 0) is 21.1 Å². The average molecular weight is 371 g/mol. The van der Waals surface area contributed by atoms with Crippen molar-refractivity contribution in [2.24, 2.45) is 0 Å². The number of carbonyl (C=O) groups is 1. The number of amides is 1. The smallest absolute Gasteiger partial charge is 0.410 e. The van der Waals surface area contributed by atoms with Crippen molar-refractivity contribution in [1.82, 2.24) is 14.7 Å². The summed E-state index contributed by atoms with van der Waals surface area (Å²) >= 11 is 0. The lowest BCUT2D eigenvalue weighted by Crippen LogP contribution is -2.41. The summed E-state index contributed by atoms with van der Waals surface area (Å²) < 4.78 is 30.4. The number of hydrogen-bond donors (Lipinski definition) is 1. The maximum atomic E-state index is 12.3. The summed E-state index contributed by atoms with van der Waals surface area (Å²) in [7, 11) is -3.31. The van der Waals surface area contributed by atoms with Gasteiger partial charge in [0.2, 0.25) is 0 Å². The van der Waals surface area contributed by atoms with Gasteiger partial charge in [0.15, 0.2) is 9.84 Å². The molecule has 1 unspecified atom stereocenters. The van der Waals surface area contributed by atoms with Crippen LogP contribution in [-0.4, -0.2) is 52.2 Å². The molecule has 1 N–H and O–H groups in total. The molecule has 1 aromatic rings. The zero-order chi connectivity index (χ0) is 18.8. The first-order valence-electron chi connectivity index (χ1n) is 8.15. The van der Waals surface area contributed by atoms with E-state index in [4.69, 9.17) is 4.74 Å². The summed E-state index contributed by atoms with van der Waals surface area (Å²) in [5.41, 5.74) is 0.501. The molecule has 1 amide bonds. The quantitative estimate of drug-likeness (QED) is 0.867. The minimum atomic E-state index is -3.31. The molecule has 0 aromatic carbocycles. The lowest BCUT2D eigenvalue weighted by molar-refractivity contribution is 0.00779. The van der Waals surface area contributed by atoms with E-state index in [2.05, 4.69) is 5.10 Å². The van der Waals surface area contributed by atoms with E-state index in [9.17, 15) is 18.3 Å². The Hall–Kier alpha value is -1.87. The second-order valence-corrected chi connectivity index (χ2v) is 9.03. The molecule has 0 aliphatic carbocycles. The van der Waals surface area contributed by atoms with Crippen LogP contribution in [0.25, 0.3) is 6.20 Å². The van der Waals surface area contributed by atoms with Crippen LogP contribution in [0.4, 0.5) is 4.79 Å². The number of β-amino-alcohol motifs (C(OH)–C–C–N with tert-alkyl or cyclic N) is 1. The van der Waals surface area contributed by atoms with E-state index in [0.717, 1.165) is 5.41 Å².